The Labute approximate surface area is 179 Å². The Hall–Kier alpha value is -3.93. The van der Waals surface area contributed by atoms with Crippen LogP contribution in [0.25, 0.3) is 5.76 Å². The molecule has 1 aliphatic rings. The Balaban J connectivity index is 1.97. The molecule has 1 unspecified atom stereocenters. The maximum atomic E-state index is 13.5. The van der Waals surface area contributed by atoms with E-state index in [1.54, 1.807) is 36.4 Å². The van der Waals surface area contributed by atoms with Crippen LogP contribution in [0.1, 0.15) is 22.7 Å². The molecule has 0 bridgehead atoms. The van der Waals surface area contributed by atoms with Gasteiger partial charge < -0.3 is 9.84 Å². The van der Waals surface area contributed by atoms with E-state index in [-0.39, 0.29) is 11.3 Å². The van der Waals surface area contributed by atoms with Crippen molar-refractivity contribution in [3.05, 3.63) is 101 Å². The van der Waals surface area contributed by atoms with Crippen molar-refractivity contribution in [2.24, 2.45) is 0 Å². The van der Waals surface area contributed by atoms with Gasteiger partial charge in [-0.15, -0.1) is 0 Å². The number of carbonyl (C=O) groups excluding carboxylic acids is 2. The first kappa shape index (κ1) is 20.3. The summed E-state index contributed by atoms with van der Waals surface area (Å²) >= 11 is 0. The molecule has 0 spiro atoms. The van der Waals surface area contributed by atoms with Gasteiger partial charge in [0.05, 0.1) is 18.7 Å². The summed E-state index contributed by atoms with van der Waals surface area (Å²) in [6, 6.07) is 18.3. The van der Waals surface area contributed by atoms with E-state index in [1.165, 1.54) is 36.3 Å². The third-order valence-corrected chi connectivity index (χ3v) is 5.31. The van der Waals surface area contributed by atoms with E-state index in [1.807, 2.05) is 19.1 Å². The molecule has 1 saturated heterocycles. The minimum absolute atomic E-state index is 0.0531. The molecule has 5 nitrogen and oxygen atoms in total. The third kappa shape index (κ3) is 3.57. The summed E-state index contributed by atoms with van der Waals surface area (Å²) in [6.45, 7) is 1.91. The second-order valence-corrected chi connectivity index (χ2v) is 7.25. The number of nitrogens with zero attached hydrogens (tertiary/aromatic N) is 1. The predicted octanol–water partition coefficient (Wildman–Crippen LogP) is 4.77. The maximum absolute atomic E-state index is 13.5. The van der Waals surface area contributed by atoms with Crippen LogP contribution in [0.3, 0.4) is 0 Å². The third-order valence-electron chi connectivity index (χ3n) is 5.31. The summed E-state index contributed by atoms with van der Waals surface area (Å²) in [6.07, 6.45) is 0. The number of anilines is 1. The molecule has 0 radical (unpaired) electrons. The minimum atomic E-state index is -0.942. The number of aliphatic hydroxyl groups excluding tert-OH is 1. The molecule has 6 heteroatoms. The van der Waals surface area contributed by atoms with Gasteiger partial charge in [-0.2, -0.15) is 0 Å². The smallest absolute Gasteiger partial charge is 0.300 e. The maximum Gasteiger partial charge on any atom is 0.300 e. The first-order chi connectivity index (χ1) is 14.9. The van der Waals surface area contributed by atoms with Crippen LogP contribution in [0.15, 0.2) is 78.4 Å². The highest BCUT2D eigenvalue weighted by molar-refractivity contribution is 6.51. The molecule has 0 aromatic heterocycles. The molecule has 1 amide bonds. The van der Waals surface area contributed by atoms with Gasteiger partial charge in [-0.3, -0.25) is 14.5 Å². The van der Waals surface area contributed by atoms with E-state index < -0.39 is 23.5 Å². The number of halogens is 1. The molecule has 1 N–H and O–H groups in total. The second kappa shape index (κ2) is 8.07. The summed E-state index contributed by atoms with van der Waals surface area (Å²) in [4.78, 5) is 27.4. The van der Waals surface area contributed by atoms with Crippen LogP contribution in [0.4, 0.5) is 10.1 Å². The molecule has 31 heavy (non-hydrogen) atoms. The van der Waals surface area contributed by atoms with Gasteiger partial charge in [0, 0.05) is 16.8 Å². The Bertz CT molecular complexity index is 1180. The summed E-state index contributed by atoms with van der Waals surface area (Å²) < 4.78 is 19.0. The average Bonchev–Trinajstić information content (AvgIpc) is 3.05. The number of Topliss-reactive ketones (excluding diaryl/α,β-unsaturated/α-hetero) is 1. The number of carbonyl (C=O) groups is 2. The van der Waals surface area contributed by atoms with Crippen LogP contribution < -0.4 is 9.64 Å². The number of aryl methyl sites for hydroxylation is 1. The zero-order valence-corrected chi connectivity index (χ0v) is 17.0. The van der Waals surface area contributed by atoms with Crippen LogP contribution >= 0.6 is 0 Å². The number of amides is 1. The molecular weight excluding hydrogens is 397 g/mol. The number of methoxy groups -OCH3 is 1. The lowest BCUT2D eigenvalue weighted by atomic mass is 9.94. The number of rotatable bonds is 4. The molecule has 1 aliphatic heterocycles. The summed E-state index contributed by atoms with van der Waals surface area (Å²) in [7, 11) is 1.49. The molecule has 1 fully saturated rings. The van der Waals surface area contributed by atoms with Gasteiger partial charge in [-0.25, -0.2) is 4.39 Å². The van der Waals surface area contributed by atoms with Gasteiger partial charge in [-0.05, 0) is 37.3 Å². The van der Waals surface area contributed by atoms with E-state index in [2.05, 4.69) is 0 Å². The standard InChI is InChI=1S/C25H20FNO4/c1-15-7-9-16(10-8-15)23(28)21-22(19-5-3-4-6-20(19)31-2)27(25(30)24(21)29)18-13-11-17(26)12-14-18/h3-14,22,28H,1-2H3/b23-21-. The molecular formula is C25H20FNO4. The van der Waals surface area contributed by atoms with Gasteiger partial charge in [0.2, 0.25) is 0 Å². The fraction of sp³-hybridized carbons (Fsp3) is 0.120. The highest BCUT2D eigenvalue weighted by Crippen LogP contribution is 2.44. The molecule has 1 atom stereocenters. The topological polar surface area (TPSA) is 66.8 Å². The Kier molecular flexibility index (Phi) is 5.29. The minimum Gasteiger partial charge on any atom is -0.507 e. The molecule has 3 aromatic rings. The molecule has 3 aromatic carbocycles. The van der Waals surface area contributed by atoms with Crippen molar-refractivity contribution in [2.45, 2.75) is 13.0 Å². The highest BCUT2D eigenvalue weighted by atomic mass is 19.1. The Morgan fingerprint density at radius 2 is 1.61 bits per heavy atom. The number of hydrogen-bond donors (Lipinski definition) is 1. The van der Waals surface area contributed by atoms with Crippen LogP contribution in [-0.2, 0) is 9.59 Å². The largest absolute Gasteiger partial charge is 0.507 e. The van der Waals surface area contributed by atoms with Crippen molar-refractivity contribution < 1.29 is 23.8 Å². The fourth-order valence-corrected chi connectivity index (χ4v) is 3.75. The number of ketones is 1. The van der Waals surface area contributed by atoms with Gasteiger partial charge in [0.15, 0.2) is 0 Å². The van der Waals surface area contributed by atoms with Gasteiger partial charge in [0.25, 0.3) is 11.7 Å². The zero-order chi connectivity index (χ0) is 22.1. The number of ether oxygens (including phenoxy) is 1. The number of hydrogen-bond acceptors (Lipinski definition) is 4. The lowest BCUT2D eigenvalue weighted by Crippen LogP contribution is -2.29. The van der Waals surface area contributed by atoms with Crippen LogP contribution in [0.2, 0.25) is 0 Å². The predicted molar refractivity (Wildman–Crippen MR) is 115 cm³/mol. The lowest BCUT2D eigenvalue weighted by Gasteiger charge is -2.26. The quantitative estimate of drug-likeness (QED) is 0.377. The number of aliphatic hydroxyl groups is 1. The Morgan fingerprint density at radius 3 is 2.26 bits per heavy atom. The average molecular weight is 417 g/mol. The summed E-state index contributed by atoms with van der Waals surface area (Å²) in [5.41, 5.74) is 2.22. The molecule has 0 saturated carbocycles. The van der Waals surface area contributed by atoms with E-state index in [4.69, 9.17) is 4.74 Å². The van der Waals surface area contributed by atoms with Crippen molar-refractivity contribution in [2.75, 3.05) is 12.0 Å². The van der Waals surface area contributed by atoms with E-state index >= 15 is 0 Å². The van der Waals surface area contributed by atoms with Crippen LogP contribution in [0.5, 0.6) is 5.75 Å². The lowest BCUT2D eigenvalue weighted by molar-refractivity contribution is -0.132. The first-order valence-corrected chi connectivity index (χ1v) is 9.69. The first-order valence-electron chi connectivity index (χ1n) is 9.69. The fourth-order valence-electron chi connectivity index (χ4n) is 3.75. The normalized spacial score (nSPS) is 17.8. The van der Waals surface area contributed by atoms with Gasteiger partial charge in [0.1, 0.15) is 17.3 Å². The van der Waals surface area contributed by atoms with Crippen molar-refractivity contribution in [3.8, 4) is 5.75 Å². The number of benzene rings is 3. The summed E-state index contributed by atoms with van der Waals surface area (Å²) in [5, 5.41) is 11.1. The van der Waals surface area contributed by atoms with Gasteiger partial charge >= 0.3 is 0 Å². The van der Waals surface area contributed by atoms with Crippen molar-refractivity contribution in [1.82, 2.24) is 0 Å². The van der Waals surface area contributed by atoms with Gasteiger partial charge in [-0.1, -0.05) is 48.0 Å². The van der Waals surface area contributed by atoms with E-state index in [9.17, 15) is 19.1 Å². The zero-order valence-electron chi connectivity index (χ0n) is 17.0. The van der Waals surface area contributed by atoms with Crippen LogP contribution in [-0.4, -0.2) is 23.9 Å². The molecule has 1 heterocycles. The number of para-hydroxylation sites is 1. The molecule has 4 rings (SSSR count). The van der Waals surface area contributed by atoms with Crippen molar-refractivity contribution in [1.29, 1.82) is 0 Å². The van der Waals surface area contributed by atoms with Crippen LogP contribution in [0, 0.1) is 12.7 Å². The second-order valence-electron chi connectivity index (χ2n) is 7.25. The van der Waals surface area contributed by atoms with Crippen molar-refractivity contribution in [3.63, 3.8) is 0 Å². The SMILES string of the molecule is COc1ccccc1C1/C(=C(/O)c2ccc(C)cc2)C(=O)C(=O)N1c1ccc(F)cc1. The van der Waals surface area contributed by atoms with E-state index in [0.717, 1.165) is 5.56 Å². The monoisotopic (exact) mass is 417 g/mol. The van der Waals surface area contributed by atoms with E-state index in [0.29, 0.717) is 22.6 Å². The van der Waals surface area contributed by atoms with Crippen molar-refractivity contribution >= 4 is 23.1 Å². The Morgan fingerprint density at radius 1 is 0.968 bits per heavy atom. The molecule has 156 valence electrons. The highest BCUT2D eigenvalue weighted by Gasteiger charge is 2.47. The molecule has 0 aliphatic carbocycles. The summed E-state index contributed by atoms with van der Waals surface area (Å²) in [5.74, 6) is -1.92.